The van der Waals surface area contributed by atoms with Crippen LogP contribution in [0.15, 0.2) is 69.3 Å². The predicted molar refractivity (Wildman–Crippen MR) is 134 cm³/mol. The highest BCUT2D eigenvalue weighted by molar-refractivity contribution is 7.86. The molecular weight excluding hydrogens is 571 g/mol. The number of hydrogen-bond donors (Lipinski definition) is 3. The van der Waals surface area contributed by atoms with Crippen molar-refractivity contribution >= 4 is 54.2 Å². The SMILES string of the molecule is COc1ccc(S(=O)(=O)O)cc1P(c1cc(S(=O)(=O)O)ccc1OC)c1cc(S(=O)(=O)O)ccc1OC. The first-order chi connectivity index (χ1) is 17.1. The third kappa shape index (κ3) is 6.21. The fourth-order valence-electron chi connectivity index (χ4n) is 3.40. The maximum Gasteiger partial charge on any atom is 0.294 e. The summed E-state index contributed by atoms with van der Waals surface area (Å²) in [5, 5.41) is 0.220. The number of hydrogen-bond acceptors (Lipinski definition) is 9. The van der Waals surface area contributed by atoms with Crippen LogP contribution in [-0.4, -0.2) is 60.2 Å². The molecule has 37 heavy (non-hydrogen) atoms. The number of rotatable bonds is 9. The van der Waals surface area contributed by atoms with Crippen LogP contribution < -0.4 is 30.1 Å². The van der Waals surface area contributed by atoms with Gasteiger partial charge in [-0.15, -0.1) is 0 Å². The minimum Gasteiger partial charge on any atom is -0.496 e. The van der Waals surface area contributed by atoms with Gasteiger partial charge in [0, 0.05) is 15.9 Å². The number of methoxy groups -OCH3 is 3. The zero-order chi connectivity index (χ0) is 27.8. The molecule has 3 N–H and O–H groups in total. The average Bonchev–Trinajstić information content (AvgIpc) is 2.82. The Kier molecular flexibility index (Phi) is 8.19. The van der Waals surface area contributed by atoms with E-state index in [9.17, 15) is 38.9 Å². The van der Waals surface area contributed by atoms with Crippen LogP contribution in [0, 0.1) is 0 Å². The molecule has 0 saturated heterocycles. The molecule has 0 aliphatic carbocycles. The van der Waals surface area contributed by atoms with Gasteiger partial charge in [0.05, 0.1) is 36.0 Å². The molecule has 0 heterocycles. The van der Waals surface area contributed by atoms with E-state index in [-0.39, 0.29) is 33.2 Å². The fraction of sp³-hybridized carbons (Fsp3) is 0.143. The first-order valence-electron chi connectivity index (χ1n) is 9.88. The van der Waals surface area contributed by atoms with Crippen molar-refractivity contribution in [1.29, 1.82) is 0 Å². The summed E-state index contributed by atoms with van der Waals surface area (Å²) in [6.45, 7) is 0. The zero-order valence-electron chi connectivity index (χ0n) is 19.4. The second kappa shape index (κ2) is 10.5. The monoisotopic (exact) mass is 592 g/mol. The molecule has 0 radical (unpaired) electrons. The first-order valence-corrected chi connectivity index (χ1v) is 15.5. The first kappa shape index (κ1) is 28.8. The predicted octanol–water partition coefficient (Wildman–Crippen LogP) is 1.21. The third-order valence-corrected chi connectivity index (χ3v) is 10.1. The van der Waals surface area contributed by atoms with Crippen molar-refractivity contribution in [3.63, 3.8) is 0 Å². The highest BCUT2D eigenvalue weighted by Gasteiger charge is 2.30. The van der Waals surface area contributed by atoms with Crippen LogP contribution in [0.3, 0.4) is 0 Å². The summed E-state index contributed by atoms with van der Waals surface area (Å²) >= 11 is 0. The lowest BCUT2D eigenvalue weighted by Gasteiger charge is -2.25. The zero-order valence-corrected chi connectivity index (χ0v) is 22.7. The van der Waals surface area contributed by atoms with Gasteiger partial charge in [0.2, 0.25) is 0 Å². The summed E-state index contributed by atoms with van der Waals surface area (Å²) in [6, 6.07) is 10.1. The molecule has 12 nitrogen and oxygen atoms in total. The van der Waals surface area contributed by atoms with Gasteiger partial charge in [-0.25, -0.2) is 0 Å². The van der Waals surface area contributed by atoms with E-state index >= 15 is 0 Å². The van der Waals surface area contributed by atoms with Gasteiger partial charge in [-0.05, 0) is 62.5 Å². The molecule has 3 aromatic carbocycles. The number of ether oxygens (including phenoxy) is 3. The van der Waals surface area contributed by atoms with E-state index in [1.54, 1.807) is 0 Å². The highest BCUT2D eigenvalue weighted by atomic mass is 32.2. The van der Waals surface area contributed by atoms with E-state index in [0.717, 1.165) is 36.4 Å². The van der Waals surface area contributed by atoms with Crippen molar-refractivity contribution in [3.05, 3.63) is 54.6 Å². The van der Waals surface area contributed by atoms with Crippen LogP contribution in [-0.2, 0) is 30.4 Å². The second-order valence-corrected chi connectivity index (χ2v) is 13.6. The Bertz CT molecular complexity index is 1470. The molecular formula is C21H21O12PS3. The van der Waals surface area contributed by atoms with Gasteiger partial charge in [-0.2, -0.15) is 25.3 Å². The van der Waals surface area contributed by atoms with Crippen LogP contribution in [0.4, 0.5) is 0 Å². The Balaban J connectivity index is 2.57. The summed E-state index contributed by atoms with van der Waals surface area (Å²) in [4.78, 5) is -1.61. The molecule has 3 rings (SSSR count). The molecule has 0 atom stereocenters. The summed E-state index contributed by atoms with van der Waals surface area (Å²) in [6.07, 6.45) is 0. The Morgan fingerprint density at radius 3 is 0.946 bits per heavy atom. The maximum atomic E-state index is 11.9. The van der Waals surface area contributed by atoms with Gasteiger partial charge >= 0.3 is 0 Å². The molecule has 3 aromatic rings. The lowest BCUT2D eigenvalue weighted by atomic mass is 10.3. The summed E-state index contributed by atoms with van der Waals surface area (Å²) in [5.74, 6) is 0.242. The topological polar surface area (TPSA) is 191 Å². The van der Waals surface area contributed by atoms with E-state index in [1.807, 2.05) is 0 Å². The van der Waals surface area contributed by atoms with Crippen LogP contribution in [0.5, 0.6) is 17.2 Å². The standard InChI is InChI=1S/C21H21O12PS3/c1-31-16-7-4-13(35(22,23)24)10-19(16)34(20-11-14(36(25,26)27)5-8-17(20)32-2)21-12-15(37(28,29)30)6-9-18(21)33-3/h4-12H,1-3H3,(H,22,23,24)(H,25,26,27)(H,28,29,30). The Morgan fingerprint density at radius 2 is 0.757 bits per heavy atom. The highest BCUT2D eigenvalue weighted by Crippen LogP contribution is 2.43. The van der Waals surface area contributed by atoms with Gasteiger partial charge in [-0.3, -0.25) is 13.7 Å². The van der Waals surface area contributed by atoms with E-state index in [2.05, 4.69) is 0 Å². The molecule has 0 aliphatic heterocycles. The van der Waals surface area contributed by atoms with Crippen molar-refractivity contribution in [2.75, 3.05) is 21.3 Å². The molecule has 0 bridgehead atoms. The number of benzene rings is 3. The van der Waals surface area contributed by atoms with Crippen LogP contribution in [0.2, 0.25) is 0 Å². The maximum absolute atomic E-state index is 11.9. The Hall–Kier alpha value is -2.78. The molecule has 16 heteroatoms. The van der Waals surface area contributed by atoms with Gasteiger partial charge in [-0.1, -0.05) is 0 Å². The van der Waals surface area contributed by atoms with E-state index in [1.165, 1.54) is 39.5 Å². The summed E-state index contributed by atoms with van der Waals surface area (Å²) < 4.78 is 117. The largest absolute Gasteiger partial charge is 0.496 e. The van der Waals surface area contributed by atoms with Crippen LogP contribution >= 0.6 is 7.92 Å². The van der Waals surface area contributed by atoms with Gasteiger partial charge < -0.3 is 14.2 Å². The van der Waals surface area contributed by atoms with Crippen molar-refractivity contribution in [2.45, 2.75) is 14.7 Å². The van der Waals surface area contributed by atoms with Crippen LogP contribution in [0.25, 0.3) is 0 Å². The minimum absolute atomic E-state index is 0.0733. The van der Waals surface area contributed by atoms with Gasteiger partial charge in [0.15, 0.2) is 0 Å². The molecule has 0 amide bonds. The van der Waals surface area contributed by atoms with E-state index in [4.69, 9.17) is 14.2 Å². The van der Waals surface area contributed by atoms with Crippen LogP contribution in [0.1, 0.15) is 0 Å². The molecule has 0 aliphatic rings. The average molecular weight is 593 g/mol. The van der Waals surface area contributed by atoms with Crippen molar-refractivity contribution in [3.8, 4) is 17.2 Å². The molecule has 0 aromatic heterocycles. The smallest absolute Gasteiger partial charge is 0.294 e. The van der Waals surface area contributed by atoms with E-state index < -0.39 is 53.0 Å². The summed E-state index contributed by atoms with van der Waals surface area (Å²) in [7, 11) is -12.6. The van der Waals surface area contributed by atoms with Crippen molar-refractivity contribution in [1.82, 2.24) is 0 Å². The fourth-order valence-corrected chi connectivity index (χ4v) is 7.93. The quantitative estimate of drug-likeness (QED) is 0.238. The normalized spacial score (nSPS) is 12.4. The molecule has 0 spiro atoms. The second-order valence-electron chi connectivity index (χ2n) is 7.26. The molecule has 0 fully saturated rings. The molecule has 0 saturated carbocycles. The van der Waals surface area contributed by atoms with Crippen molar-refractivity contribution in [2.24, 2.45) is 0 Å². The Morgan fingerprint density at radius 1 is 0.514 bits per heavy atom. The van der Waals surface area contributed by atoms with E-state index in [0.29, 0.717) is 0 Å². The lowest BCUT2D eigenvalue weighted by Crippen LogP contribution is -2.26. The van der Waals surface area contributed by atoms with Gasteiger partial charge in [0.1, 0.15) is 17.2 Å². The molecule has 200 valence electrons. The Labute approximate surface area is 214 Å². The minimum atomic E-state index is -4.72. The third-order valence-electron chi connectivity index (χ3n) is 5.07. The lowest BCUT2D eigenvalue weighted by molar-refractivity contribution is 0.416. The van der Waals surface area contributed by atoms with Gasteiger partial charge in [0.25, 0.3) is 30.4 Å². The molecule has 0 unspecified atom stereocenters. The van der Waals surface area contributed by atoms with Crippen molar-refractivity contribution < 1.29 is 53.1 Å². The summed E-state index contributed by atoms with van der Waals surface area (Å²) in [5.41, 5.74) is 0.